The number of hydrogen-bond acceptors (Lipinski definition) is 4. The van der Waals surface area contributed by atoms with E-state index in [4.69, 9.17) is 0 Å². The van der Waals surface area contributed by atoms with Crippen LogP contribution in [0, 0.1) is 0 Å². The quantitative estimate of drug-likeness (QED) is 0.308. The monoisotopic (exact) mass is 575 g/mol. The van der Waals surface area contributed by atoms with Gasteiger partial charge in [-0.25, -0.2) is 8.42 Å². The highest BCUT2D eigenvalue weighted by Gasteiger charge is 2.33. The Hall–Kier alpha value is -3.65. The minimum absolute atomic E-state index is 0.101. The molecule has 1 atom stereocenters. The van der Waals surface area contributed by atoms with Gasteiger partial charge in [0.2, 0.25) is 11.8 Å². The molecule has 0 bridgehead atoms. The summed E-state index contributed by atoms with van der Waals surface area (Å²) in [4.78, 5) is 28.9. The van der Waals surface area contributed by atoms with E-state index in [9.17, 15) is 18.0 Å². The van der Waals surface area contributed by atoms with Crippen molar-refractivity contribution in [2.75, 3.05) is 17.4 Å². The Bertz CT molecular complexity index is 1390. The van der Waals surface area contributed by atoms with Crippen molar-refractivity contribution in [3.8, 4) is 0 Å². The van der Waals surface area contributed by atoms with Crippen LogP contribution in [-0.2, 0) is 26.0 Å². The molecule has 0 spiro atoms. The third-order valence-corrected chi connectivity index (χ3v) is 9.60. The second-order valence-corrected chi connectivity index (χ2v) is 12.9. The van der Waals surface area contributed by atoms with Gasteiger partial charge in [-0.3, -0.25) is 13.9 Å². The molecule has 1 fully saturated rings. The number of carbonyl (C=O) groups excluding carboxylic acids is 2. The summed E-state index contributed by atoms with van der Waals surface area (Å²) in [7, 11) is -4.06. The average Bonchev–Trinajstić information content (AvgIpc) is 3.50. The Balaban J connectivity index is 1.64. The molecule has 3 aromatic carbocycles. The van der Waals surface area contributed by atoms with E-state index in [1.54, 1.807) is 37.3 Å². The molecule has 7 nitrogen and oxygen atoms in total. The van der Waals surface area contributed by atoms with Gasteiger partial charge in [0.25, 0.3) is 10.0 Å². The van der Waals surface area contributed by atoms with Gasteiger partial charge in [-0.1, -0.05) is 87.4 Å². The van der Waals surface area contributed by atoms with E-state index in [2.05, 4.69) is 19.2 Å². The second-order valence-electron chi connectivity index (χ2n) is 11.1. The number of anilines is 1. The number of carbonyl (C=O) groups is 2. The molecule has 1 N–H and O–H groups in total. The molecule has 0 radical (unpaired) electrons. The van der Waals surface area contributed by atoms with E-state index in [-0.39, 0.29) is 29.3 Å². The third kappa shape index (κ3) is 7.76. The van der Waals surface area contributed by atoms with Crippen LogP contribution in [0.4, 0.5) is 5.69 Å². The maximum atomic E-state index is 14.0. The molecule has 3 aromatic rings. The van der Waals surface area contributed by atoms with Crippen molar-refractivity contribution < 1.29 is 18.0 Å². The van der Waals surface area contributed by atoms with Crippen molar-refractivity contribution in [3.63, 3.8) is 0 Å². The van der Waals surface area contributed by atoms with Gasteiger partial charge in [0, 0.05) is 12.6 Å². The van der Waals surface area contributed by atoms with Crippen molar-refractivity contribution in [1.29, 1.82) is 0 Å². The fraction of sp³-hybridized carbons (Fsp3) is 0.394. The van der Waals surface area contributed by atoms with Crippen molar-refractivity contribution in [3.05, 3.63) is 96.1 Å². The second kappa shape index (κ2) is 13.8. The van der Waals surface area contributed by atoms with Gasteiger partial charge in [-0.05, 0) is 67.5 Å². The Labute approximate surface area is 244 Å². The van der Waals surface area contributed by atoms with Crippen LogP contribution in [0.2, 0.25) is 0 Å². The smallest absolute Gasteiger partial charge is 0.264 e. The topological polar surface area (TPSA) is 86.8 Å². The number of rotatable bonds is 12. The first-order valence-electron chi connectivity index (χ1n) is 14.5. The van der Waals surface area contributed by atoms with Gasteiger partial charge in [-0.15, -0.1) is 0 Å². The fourth-order valence-corrected chi connectivity index (χ4v) is 6.67. The van der Waals surface area contributed by atoms with E-state index in [0.717, 1.165) is 41.1 Å². The lowest BCUT2D eigenvalue weighted by Gasteiger charge is -2.32. The molecule has 0 aromatic heterocycles. The summed E-state index contributed by atoms with van der Waals surface area (Å²) >= 11 is 0. The number of benzene rings is 3. The van der Waals surface area contributed by atoms with E-state index < -0.39 is 28.5 Å². The molecule has 41 heavy (non-hydrogen) atoms. The van der Waals surface area contributed by atoms with Crippen LogP contribution in [0.3, 0.4) is 0 Å². The van der Waals surface area contributed by atoms with Crippen molar-refractivity contribution in [2.24, 2.45) is 0 Å². The fourth-order valence-electron chi connectivity index (χ4n) is 5.24. The summed E-state index contributed by atoms with van der Waals surface area (Å²) in [6, 6.07) is 24.5. The van der Waals surface area contributed by atoms with Gasteiger partial charge < -0.3 is 10.2 Å². The van der Waals surface area contributed by atoms with Gasteiger partial charge >= 0.3 is 0 Å². The van der Waals surface area contributed by atoms with Gasteiger partial charge in [0.15, 0.2) is 0 Å². The van der Waals surface area contributed by atoms with E-state index in [1.807, 2.05) is 42.5 Å². The van der Waals surface area contributed by atoms with Gasteiger partial charge in [0.1, 0.15) is 12.6 Å². The summed E-state index contributed by atoms with van der Waals surface area (Å²) < 4.78 is 29.0. The standard InChI is InChI=1S/C33H41N3O4S/c1-25(2)28-18-20-30(21-19-28)36(41(39,40)31-16-8-5-9-17-31)24-32(37)35(23-22-27-12-6-4-7-13-27)26(3)33(38)34-29-14-10-11-15-29/h4-9,12-13,16-21,25-26,29H,10-11,14-15,22-24H2,1-3H3,(H,34,38). The Morgan fingerprint density at radius 3 is 2.02 bits per heavy atom. The molecule has 218 valence electrons. The van der Waals surface area contributed by atoms with Crippen molar-refractivity contribution in [2.45, 2.75) is 75.8 Å². The molecule has 1 saturated carbocycles. The highest BCUT2D eigenvalue weighted by molar-refractivity contribution is 7.92. The predicted octanol–water partition coefficient (Wildman–Crippen LogP) is 5.52. The zero-order valence-electron chi connectivity index (χ0n) is 24.2. The maximum Gasteiger partial charge on any atom is 0.264 e. The van der Waals surface area contributed by atoms with Crippen LogP contribution < -0.4 is 9.62 Å². The molecule has 0 heterocycles. The Morgan fingerprint density at radius 1 is 0.854 bits per heavy atom. The lowest BCUT2D eigenvalue weighted by atomic mass is 10.0. The number of sulfonamides is 1. The third-order valence-electron chi connectivity index (χ3n) is 7.81. The first-order chi connectivity index (χ1) is 19.7. The largest absolute Gasteiger partial charge is 0.352 e. The molecule has 1 aliphatic rings. The number of amides is 2. The lowest BCUT2D eigenvalue weighted by Crippen LogP contribution is -2.53. The Kier molecular flexibility index (Phi) is 10.2. The molecular weight excluding hydrogens is 534 g/mol. The van der Waals surface area contributed by atoms with Crippen LogP contribution >= 0.6 is 0 Å². The average molecular weight is 576 g/mol. The van der Waals surface area contributed by atoms with E-state index >= 15 is 0 Å². The SMILES string of the molecule is CC(C)c1ccc(N(CC(=O)N(CCc2ccccc2)C(C)C(=O)NC2CCCC2)S(=O)(=O)c2ccccc2)cc1. The van der Waals surface area contributed by atoms with Crippen molar-refractivity contribution >= 4 is 27.5 Å². The van der Waals surface area contributed by atoms with Gasteiger partial charge in [0.05, 0.1) is 10.6 Å². The molecule has 2 amide bonds. The first-order valence-corrected chi connectivity index (χ1v) is 15.9. The normalized spacial score (nSPS) is 14.5. The summed E-state index contributed by atoms with van der Waals surface area (Å²) in [5.41, 5.74) is 2.50. The highest BCUT2D eigenvalue weighted by Crippen LogP contribution is 2.26. The van der Waals surface area contributed by atoms with Gasteiger partial charge in [-0.2, -0.15) is 0 Å². The molecule has 0 aliphatic heterocycles. The molecular formula is C33H41N3O4S. The van der Waals surface area contributed by atoms with Crippen LogP contribution in [0.15, 0.2) is 89.8 Å². The summed E-state index contributed by atoms with van der Waals surface area (Å²) in [6.45, 7) is 5.72. The molecule has 8 heteroatoms. The number of hydrogen-bond donors (Lipinski definition) is 1. The predicted molar refractivity (Wildman–Crippen MR) is 163 cm³/mol. The first kappa shape index (κ1) is 30.3. The zero-order valence-corrected chi connectivity index (χ0v) is 25.0. The molecule has 0 saturated heterocycles. The highest BCUT2D eigenvalue weighted by atomic mass is 32.2. The van der Waals surface area contributed by atoms with Crippen LogP contribution in [0.1, 0.15) is 63.5 Å². The number of nitrogens with one attached hydrogen (secondary N) is 1. The van der Waals surface area contributed by atoms with Crippen molar-refractivity contribution in [1.82, 2.24) is 10.2 Å². The minimum atomic E-state index is -4.06. The number of nitrogens with zero attached hydrogens (tertiary/aromatic N) is 2. The minimum Gasteiger partial charge on any atom is -0.352 e. The summed E-state index contributed by atoms with van der Waals surface area (Å²) in [5, 5.41) is 3.11. The summed E-state index contributed by atoms with van der Waals surface area (Å²) in [5.74, 6) is -0.364. The molecule has 4 rings (SSSR count). The zero-order chi connectivity index (χ0) is 29.4. The van der Waals surface area contributed by atoms with Crippen LogP contribution in [0.25, 0.3) is 0 Å². The summed E-state index contributed by atoms with van der Waals surface area (Å²) in [6.07, 6.45) is 4.58. The van der Waals surface area contributed by atoms with E-state index in [0.29, 0.717) is 12.1 Å². The lowest BCUT2D eigenvalue weighted by molar-refractivity contribution is -0.139. The molecule has 1 unspecified atom stereocenters. The van der Waals surface area contributed by atoms with Crippen LogP contribution in [-0.4, -0.2) is 50.3 Å². The Morgan fingerprint density at radius 2 is 1.44 bits per heavy atom. The van der Waals surface area contributed by atoms with E-state index in [1.165, 1.54) is 17.0 Å². The van der Waals surface area contributed by atoms with Crippen LogP contribution in [0.5, 0.6) is 0 Å². The maximum absolute atomic E-state index is 14.0. The molecule has 1 aliphatic carbocycles.